The molecule has 0 atom stereocenters. The molecule has 162 valence electrons. The smallest absolute Gasteiger partial charge is 0.261 e. The van der Waals surface area contributed by atoms with Crippen molar-refractivity contribution >= 4 is 28.9 Å². The number of methoxy groups -OCH3 is 2. The second-order valence-corrected chi connectivity index (χ2v) is 7.90. The van der Waals surface area contributed by atoms with Crippen LogP contribution in [0.4, 0.5) is 11.6 Å². The Morgan fingerprint density at radius 1 is 0.906 bits per heavy atom. The number of carbonyl (C=O) groups excluding carboxylic acids is 1. The van der Waals surface area contributed by atoms with E-state index in [4.69, 9.17) is 9.47 Å². The summed E-state index contributed by atoms with van der Waals surface area (Å²) in [4.78, 5) is 22.9. The van der Waals surface area contributed by atoms with Crippen LogP contribution in [0.25, 0.3) is 10.6 Å². The van der Waals surface area contributed by atoms with E-state index in [0.717, 1.165) is 33.3 Å². The van der Waals surface area contributed by atoms with Crippen molar-refractivity contribution in [3.8, 4) is 22.1 Å². The van der Waals surface area contributed by atoms with Gasteiger partial charge in [-0.05, 0) is 60.2 Å². The Bertz CT molecular complexity index is 1190. The molecule has 8 heteroatoms. The van der Waals surface area contributed by atoms with E-state index in [1.54, 1.807) is 20.4 Å². The highest BCUT2D eigenvalue weighted by Crippen LogP contribution is 2.28. The number of nitrogens with zero attached hydrogens (tertiary/aromatic N) is 2. The zero-order valence-corrected chi connectivity index (χ0v) is 18.5. The summed E-state index contributed by atoms with van der Waals surface area (Å²) in [7, 11) is 3.25. The Morgan fingerprint density at radius 2 is 1.59 bits per heavy atom. The topological polar surface area (TPSA) is 85.4 Å². The fourth-order valence-electron chi connectivity index (χ4n) is 2.97. The van der Waals surface area contributed by atoms with Crippen LogP contribution in [0, 0.1) is 0 Å². The van der Waals surface area contributed by atoms with Gasteiger partial charge in [0.05, 0.1) is 29.7 Å². The minimum absolute atomic E-state index is 0.122. The molecule has 7 nitrogen and oxygen atoms in total. The summed E-state index contributed by atoms with van der Waals surface area (Å²) >= 11 is 1.39. The van der Waals surface area contributed by atoms with Crippen molar-refractivity contribution in [3.63, 3.8) is 0 Å². The van der Waals surface area contributed by atoms with Crippen LogP contribution < -0.4 is 20.1 Å². The number of benzene rings is 2. The van der Waals surface area contributed by atoms with E-state index in [1.807, 2.05) is 66.7 Å². The number of amides is 1. The van der Waals surface area contributed by atoms with E-state index in [1.165, 1.54) is 11.3 Å². The fourth-order valence-corrected chi connectivity index (χ4v) is 3.86. The van der Waals surface area contributed by atoms with Gasteiger partial charge < -0.3 is 20.1 Å². The molecule has 2 aromatic carbocycles. The SMILES string of the molecule is COc1ccc(CNC(=O)c2ccc(-c3ccnc(Nc4ccc(OC)cc4)n3)s2)cc1. The van der Waals surface area contributed by atoms with Crippen molar-refractivity contribution in [2.24, 2.45) is 0 Å². The number of hydrogen-bond donors (Lipinski definition) is 2. The average Bonchev–Trinajstić information content (AvgIpc) is 3.34. The quantitative estimate of drug-likeness (QED) is 0.401. The number of rotatable bonds is 8. The highest BCUT2D eigenvalue weighted by molar-refractivity contribution is 7.17. The number of thiophene rings is 1. The summed E-state index contributed by atoms with van der Waals surface area (Å²) < 4.78 is 10.3. The zero-order chi connectivity index (χ0) is 22.3. The van der Waals surface area contributed by atoms with Crippen LogP contribution in [0.2, 0.25) is 0 Å². The third-order valence-electron chi connectivity index (χ3n) is 4.70. The van der Waals surface area contributed by atoms with Crippen LogP contribution in [-0.2, 0) is 6.54 Å². The molecule has 0 unspecified atom stereocenters. The van der Waals surface area contributed by atoms with Crippen LogP contribution in [0.15, 0.2) is 72.9 Å². The molecule has 0 saturated carbocycles. The van der Waals surface area contributed by atoms with Gasteiger partial charge in [-0.2, -0.15) is 0 Å². The third kappa shape index (κ3) is 5.22. The molecule has 0 bridgehead atoms. The summed E-state index contributed by atoms with van der Waals surface area (Å²) in [5.74, 6) is 1.92. The Labute approximate surface area is 190 Å². The monoisotopic (exact) mass is 446 g/mol. The predicted molar refractivity (Wildman–Crippen MR) is 126 cm³/mol. The molecule has 2 aromatic heterocycles. The Morgan fingerprint density at radius 3 is 2.28 bits per heavy atom. The lowest BCUT2D eigenvalue weighted by atomic mass is 10.2. The summed E-state index contributed by atoms with van der Waals surface area (Å²) in [6, 6.07) is 20.6. The molecule has 4 aromatic rings. The summed E-state index contributed by atoms with van der Waals surface area (Å²) in [6.07, 6.45) is 1.69. The molecular weight excluding hydrogens is 424 g/mol. The first-order valence-electron chi connectivity index (χ1n) is 9.90. The van der Waals surface area contributed by atoms with Crippen LogP contribution in [0.5, 0.6) is 11.5 Å². The maximum atomic E-state index is 12.6. The molecule has 32 heavy (non-hydrogen) atoms. The number of anilines is 2. The fraction of sp³-hybridized carbons (Fsp3) is 0.125. The van der Waals surface area contributed by atoms with E-state index >= 15 is 0 Å². The first-order chi connectivity index (χ1) is 15.6. The first-order valence-corrected chi connectivity index (χ1v) is 10.7. The second kappa shape index (κ2) is 9.93. The molecule has 0 radical (unpaired) electrons. The van der Waals surface area contributed by atoms with E-state index in [2.05, 4.69) is 20.6 Å². The largest absolute Gasteiger partial charge is 0.497 e. The van der Waals surface area contributed by atoms with Gasteiger partial charge in [0.1, 0.15) is 11.5 Å². The first kappa shape index (κ1) is 21.3. The Hall–Kier alpha value is -3.91. The van der Waals surface area contributed by atoms with Gasteiger partial charge in [-0.1, -0.05) is 12.1 Å². The van der Waals surface area contributed by atoms with Crippen molar-refractivity contribution in [1.82, 2.24) is 15.3 Å². The van der Waals surface area contributed by atoms with Crippen molar-refractivity contribution in [1.29, 1.82) is 0 Å². The van der Waals surface area contributed by atoms with Gasteiger partial charge in [0.15, 0.2) is 0 Å². The maximum absolute atomic E-state index is 12.6. The van der Waals surface area contributed by atoms with Gasteiger partial charge in [0.2, 0.25) is 5.95 Å². The van der Waals surface area contributed by atoms with Gasteiger partial charge >= 0.3 is 0 Å². The molecule has 0 aliphatic rings. The molecule has 4 rings (SSSR count). The minimum Gasteiger partial charge on any atom is -0.497 e. The van der Waals surface area contributed by atoms with Gasteiger partial charge in [0.25, 0.3) is 5.91 Å². The van der Waals surface area contributed by atoms with Crippen LogP contribution >= 0.6 is 11.3 Å². The van der Waals surface area contributed by atoms with Crippen molar-refractivity contribution in [3.05, 3.63) is 83.4 Å². The summed E-state index contributed by atoms with van der Waals surface area (Å²) in [5, 5.41) is 6.13. The van der Waals surface area contributed by atoms with Gasteiger partial charge in [-0.25, -0.2) is 9.97 Å². The normalized spacial score (nSPS) is 10.4. The number of aromatic nitrogens is 2. The lowest BCUT2D eigenvalue weighted by molar-refractivity contribution is 0.0955. The Balaban J connectivity index is 1.40. The van der Waals surface area contributed by atoms with Gasteiger partial charge in [0, 0.05) is 18.4 Å². The molecule has 0 spiro atoms. The predicted octanol–water partition coefficient (Wildman–Crippen LogP) is 4.90. The van der Waals surface area contributed by atoms with Crippen molar-refractivity contribution in [2.45, 2.75) is 6.54 Å². The van der Waals surface area contributed by atoms with Gasteiger partial charge in [-0.3, -0.25) is 4.79 Å². The molecule has 1 amide bonds. The second-order valence-electron chi connectivity index (χ2n) is 6.81. The number of nitrogens with one attached hydrogen (secondary N) is 2. The third-order valence-corrected chi connectivity index (χ3v) is 5.80. The number of ether oxygens (including phenoxy) is 2. The van der Waals surface area contributed by atoms with E-state index in [0.29, 0.717) is 17.4 Å². The molecule has 0 aliphatic carbocycles. The van der Waals surface area contributed by atoms with Gasteiger partial charge in [-0.15, -0.1) is 11.3 Å². The molecular formula is C24H22N4O3S. The van der Waals surface area contributed by atoms with E-state index < -0.39 is 0 Å². The standard InChI is InChI=1S/C24H22N4O3S/c1-30-18-7-3-16(4-8-18)15-26-23(29)22-12-11-21(32-22)20-13-14-25-24(28-20)27-17-5-9-19(31-2)10-6-17/h3-14H,15H2,1-2H3,(H,26,29)(H,25,27,28). The summed E-state index contributed by atoms with van der Waals surface area (Å²) in [5.41, 5.74) is 2.60. The zero-order valence-electron chi connectivity index (χ0n) is 17.7. The average molecular weight is 447 g/mol. The van der Waals surface area contributed by atoms with Crippen molar-refractivity contribution < 1.29 is 14.3 Å². The minimum atomic E-state index is -0.122. The number of hydrogen-bond acceptors (Lipinski definition) is 7. The summed E-state index contributed by atoms with van der Waals surface area (Å²) in [6.45, 7) is 0.444. The highest BCUT2D eigenvalue weighted by atomic mass is 32.1. The molecule has 0 fully saturated rings. The van der Waals surface area contributed by atoms with E-state index in [-0.39, 0.29) is 5.91 Å². The molecule has 0 aliphatic heterocycles. The lowest BCUT2D eigenvalue weighted by Gasteiger charge is -2.07. The highest BCUT2D eigenvalue weighted by Gasteiger charge is 2.12. The van der Waals surface area contributed by atoms with Crippen LogP contribution in [-0.4, -0.2) is 30.1 Å². The van der Waals surface area contributed by atoms with Crippen LogP contribution in [0.3, 0.4) is 0 Å². The van der Waals surface area contributed by atoms with Crippen molar-refractivity contribution in [2.75, 3.05) is 19.5 Å². The molecule has 2 N–H and O–H groups in total. The van der Waals surface area contributed by atoms with Crippen LogP contribution in [0.1, 0.15) is 15.2 Å². The molecule has 2 heterocycles. The molecule has 0 saturated heterocycles. The van der Waals surface area contributed by atoms with E-state index in [9.17, 15) is 4.79 Å². The lowest BCUT2D eigenvalue weighted by Crippen LogP contribution is -2.21. The number of carbonyl (C=O) groups is 1. The Kier molecular flexibility index (Phi) is 6.62. The maximum Gasteiger partial charge on any atom is 0.261 e.